The summed E-state index contributed by atoms with van der Waals surface area (Å²) in [7, 11) is 0. The molecule has 0 radical (unpaired) electrons. The van der Waals surface area contributed by atoms with E-state index < -0.39 is 0 Å². The number of epoxide rings is 2. The van der Waals surface area contributed by atoms with Crippen LogP contribution < -0.4 is 0 Å². The Morgan fingerprint density at radius 1 is 0.700 bits per heavy atom. The van der Waals surface area contributed by atoms with Gasteiger partial charge in [0.05, 0.1) is 11.2 Å². The Labute approximate surface area is 182 Å². The Morgan fingerprint density at radius 3 is 1.13 bits per heavy atom. The molecule has 0 amide bonds. The molecular weight excluding hydrogens is 376 g/mol. The van der Waals surface area contributed by atoms with E-state index in [0.717, 1.165) is 0 Å². The standard InChI is InChI=1S/C26H40O4/c1-15(2)25(23(7,8)29-25)13-11-19-21(17(5)27)20(22(19)18(6)28)12-14-26(16(3)4)24(9,10)30-26/h11-16,19-22H,1-10H3/b13-11+,14-12+. The smallest absolute Gasteiger partial charge is 0.134 e. The van der Waals surface area contributed by atoms with Crippen LogP contribution in [0.2, 0.25) is 0 Å². The second-order valence-electron chi connectivity index (χ2n) is 11.3. The van der Waals surface area contributed by atoms with Crippen molar-refractivity contribution in [3.63, 3.8) is 0 Å². The van der Waals surface area contributed by atoms with Crippen molar-refractivity contribution < 1.29 is 19.1 Å². The van der Waals surface area contributed by atoms with Crippen molar-refractivity contribution in [1.82, 2.24) is 0 Å². The van der Waals surface area contributed by atoms with Gasteiger partial charge in [-0.1, -0.05) is 52.0 Å². The fourth-order valence-corrected chi connectivity index (χ4v) is 6.16. The molecule has 0 aromatic carbocycles. The molecule has 0 aromatic rings. The van der Waals surface area contributed by atoms with Crippen molar-refractivity contribution in [2.75, 3.05) is 0 Å². The third-order valence-corrected chi connectivity index (χ3v) is 8.09. The first-order chi connectivity index (χ1) is 13.6. The first-order valence-electron chi connectivity index (χ1n) is 11.4. The Morgan fingerprint density at radius 2 is 0.967 bits per heavy atom. The highest BCUT2D eigenvalue weighted by Gasteiger charge is 2.65. The Kier molecular flexibility index (Phi) is 5.56. The third kappa shape index (κ3) is 3.35. The molecule has 0 N–H and O–H groups in total. The molecule has 4 nitrogen and oxygen atoms in total. The Hall–Kier alpha value is -1.26. The van der Waals surface area contributed by atoms with Crippen LogP contribution in [0.25, 0.3) is 0 Å². The van der Waals surface area contributed by atoms with E-state index in [1.54, 1.807) is 13.8 Å². The van der Waals surface area contributed by atoms with Gasteiger partial charge in [0.1, 0.15) is 22.8 Å². The molecule has 168 valence electrons. The minimum atomic E-state index is -0.315. The van der Waals surface area contributed by atoms with Crippen molar-refractivity contribution in [3.05, 3.63) is 24.3 Å². The van der Waals surface area contributed by atoms with Gasteiger partial charge >= 0.3 is 0 Å². The van der Waals surface area contributed by atoms with Crippen molar-refractivity contribution in [1.29, 1.82) is 0 Å². The first-order valence-corrected chi connectivity index (χ1v) is 11.4. The first kappa shape index (κ1) is 23.4. The topological polar surface area (TPSA) is 59.2 Å². The fraction of sp³-hybridized carbons (Fsp3) is 0.769. The summed E-state index contributed by atoms with van der Waals surface area (Å²) in [6, 6.07) is 0. The number of allylic oxidation sites excluding steroid dienone is 2. The van der Waals surface area contributed by atoms with Gasteiger partial charge in [0, 0.05) is 11.8 Å². The van der Waals surface area contributed by atoms with Crippen molar-refractivity contribution >= 4 is 11.6 Å². The molecule has 30 heavy (non-hydrogen) atoms. The predicted molar refractivity (Wildman–Crippen MR) is 119 cm³/mol. The van der Waals surface area contributed by atoms with Crippen LogP contribution in [0.1, 0.15) is 69.2 Å². The quantitative estimate of drug-likeness (QED) is 0.405. The summed E-state index contributed by atoms with van der Waals surface area (Å²) >= 11 is 0. The molecule has 2 heterocycles. The molecule has 1 aliphatic carbocycles. The van der Waals surface area contributed by atoms with E-state index >= 15 is 0 Å². The fourth-order valence-electron chi connectivity index (χ4n) is 6.16. The highest BCUT2D eigenvalue weighted by molar-refractivity contribution is 5.88. The number of hydrogen-bond donors (Lipinski definition) is 0. The monoisotopic (exact) mass is 416 g/mol. The molecule has 3 rings (SSSR count). The van der Waals surface area contributed by atoms with Gasteiger partial charge < -0.3 is 9.47 Å². The van der Waals surface area contributed by atoms with Crippen LogP contribution in [-0.4, -0.2) is 34.0 Å². The summed E-state index contributed by atoms with van der Waals surface area (Å²) in [6.07, 6.45) is 8.42. The summed E-state index contributed by atoms with van der Waals surface area (Å²) < 4.78 is 12.1. The van der Waals surface area contributed by atoms with Gasteiger partial charge in [-0.2, -0.15) is 0 Å². The van der Waals surface area contributed by atoms with Crippen LogP contribution in [0.5, 0.6) is 0 Å². The molecule has 2 atom stereocenters. The number of ether oxygens (including phenoxy) is 2. The minimum Gasteiger partial charge on any atom is -0.358 e. The molecule has 2 saturated heterocycles. The van der Waals surface area contributed by atoms with Crippen molar-refractivity contribution in [3.8, 4) is 0 Å². The second-order valence-corrected chi connectivity index (χ2v) is 11.3. The van der Waals surface area contributed by atoms with E-state index in [1.165, 1.54) is 0 Å². The van der Waals surface area contributed by atoms with Gasteiger partial charge in [-0.05, 0) is 65.2 Å². The predicted octanol–water partition coefficient (Wildman–Crippen LogP) is 5.16. The molecular formula is C26H40O4. The molecule has 0 spiro atoms. The average Bonchev–Trinajstić information content (AvgIpc) is 3.34. The van der Waals surface area contributed by atoms with E-state index in [0.29, 0.717) is 11.8 Å². The summed E-state index contributed by atoms with van der Waals surface area (Å²) in [6.45, 7) is 20.3. The van der Waals surface area contributed by atoms with E-state index in [2.05, 4.69) is 79.7 Å². The molecule has 1 saturated carbocycles. The highest BCUT2D eigenvalue weighted by Crippen LogP contribution is 2.57. The second kappa shape index (κ2) is 7.13. The molecule has 0 aromatic heterocycles. The Bertz CT molecular complexity index is 713. The van der Waals surface area contributed by atoms with Crippen molar-refractivity contribution in [2.24, 2.45) is 35.5 Å². The molecule has 4 heteroatoms. The van der Waals surface area contributed by atoms with Crippen LogP contribution in [0, 0.1) is 35.5 Å². The molecule has 3 aliphatic rings. The zero-order valence-electron chi connectivity index (χ0n) is 20.4. The summed E-state index contributed by atoms with van der Waals surface area (Å²) in [5.41, 5.74) is -1.05. The van der Waals surface area contributed by atoms with E-state index in [1.807, 2.05) is 0 Å². The van der Waals surface area contributed by atoms with Crippen LogP contribution in [0.3, 0.4) is 0 Å². The number of carbonyl (C=O) groups excluding carboxylic acids is 2. The maximum absolute atomic E-state index is 12.6. The van der Waals surface area contributed by atoms with Gasteiger partial charge in [0.15, 0.2) is 0 Å². The SMILES string of the molecule is CC(=O)C1C(/C=C/C2(C(C)C)OC2(C)C)C(C(C)=O)C1/C=C/C1(C(C)C)OC1(C)C. The van der Waals surface area contributed by atoms with Gasteiger partial charge in [-0.15, -0.1) is 0 Å². The van der Waals surface area contributed by atoms with E-state index in [9.17, 15) is 9.59 Å². The van der Waals surface area contributed by atoms with E-state index in [4.69, 9.17) is 9.47 Å². The van der Waals surface area contributed by atoms with Crippen molar-refractivity contribution in [2.45, 2.75) is 91.6 Å². The number of carbonyl (C=O) groups is 2. The number of Topliss-reactive ketones (excluding diaryl/α,β-unsaturated/α-hetero) is 2. The normalized spacial score (nSPS) is 41.5. The lowest BCUT2D eigenvalue weighted by Gasteiger charge is -2.48. The lowest BCUT2D eigenvalue weighted by molar-refractivity contribution is -0.139. The highest BCUT2D eigenvalue weighted by atomic mass is 16.6. The number of rotatable bonds is 8. The summed E-state index contributed by atoms with van der Waals surface area (Å²) in [5, 5.41) is 0. The van der Waals surface area contributed by atoms with E-state index in [-0.39, 0.29) is 57.6 Å². The zero-order valence-corrected chi connectivity index (χ0v) is 20.4. The van der Waals surface area contributed by atoms with Crippen LogP contribution in [-0.2, 0) is 19.1 Å². The van der Waals surface area contributed by atoms with Crippen LogP contribution in [0.15, 0.2) is 24.3 Å². The maximum Gasteiger partial charge on any atom is 0.134 e. The lowest BCUT2D eigenvalue weighted by atomic mass is 9.53. The number of hydrogen-bond acceptors (Lipinski definition) is 4. The molecule has 0 bridgehead atoms. The average molecular weight is 417 g/mol. The summed E-state index contributed by atoms with van der Waals surface area (Å²) in [5.74, 6) is 0.424. The zero-order chi connectivity index (χ0) is 22.9. The summed E-state index contributed by atoms with van der Waals surface area (Å²) in [4.78, 5) is 25.2. The van der Waals surface area contributed by atoms with Gasteiger partial charge in [0.25, 0.3) is 0 Å². The third-order valence-electron chi connectivity index (χ3n) is 8.09. The minimum absolute atomic E-state index is 0.0755. The van der Waals surface area contributed by atoms with Crippen LogP contribution in [0.4, 0.5) is 0 Å². The van der Waals surface area contributed by atoms with Crippen LogP contribution >= 0.6 is 0 Å². The largest absolute Gasteiger partial charge is 0.358 e. The van der Waals surface area contributed by atoms with Gasteiger partial charge in [0.2, 0.25) is 0 Å². The van der Waals surface area contributed by atoms with Gasteiger partial charge in [-0.25, -0.2) is 0 Å². The Balaban J connectivity index is 1.87. The lowest BCUT2D eigenvalue weighted by Crippen LogP contribution is -2.51. The molecule has 3 fully saturated rings. The maximum atomic E-state index is 12.6. The number of ketones is 2. The molecule has 2 unspecified atom stereocenters. The molecule has 2 aliphatic heterocycles. The van der Waals surface area contributed by atoms with Gasteiger partial charge in [-0.3, -0.25) is 9.59 Å².